The summed E-state index contributed by atoms with van der Waals surface area (Å²) >= 11 is 5.63. The molecule has 0 N–H and O–H groups in total. The normalized spacial score (nSPS) is 11.5. The van der Waals surface area contributed by atoms with Gasteiger partial charge in [-0.05, 0) is 26.7 Å². The van der Waals surface area contributed by atoms with Gasteiger partial charge in [-0.25, -0.2) is 0 Å². The lowest BCUT2D eigenvalue weighted by atomic mass is 9.98. The quantitative estimate of drug-likeness (QED) is 0.436. The number of rotatable bonds is 10. The SMILES string of the molecule is C=C(CCl)CCOC(C)(C)CC(=O)CCCC. The van der Waals surface area contributed by atoms with Crippen LogP contribution in [0, 0.1) is 0 Å². The van der Waals surface area contributed by atoms with E-state index in [4.69, 9.17) is 16.3 Å². The predicted octanol–water partition coefficient (Wildman–Crippen LogP) is 4.12. The van der Waals surface area contributed by atoms with E-state index in [9.17, 15) is 4.79 Å². The number of unbranched alkanes of at least 4 members (excludes halogenated alkanes) is 1. The van der Waals surface area contributed by atoms with Gasteiger partial charge in [0.2, 0.25) is 0 Å². The molecule has 100 valence electrons. The third-order valence-corrected chi connectivity index (χ3v) is 2.95. The van der Waals surface area contributed by atoms with E-state index in [1.165, 1.54) is 0 Å². The molecule has 0 aromatic rings. The lowest BCUT2D eigenvalue weighted by Gasteiger charge is -2.24. The van der Waals surface area contributed by atoms with Crippen LogP contribution in [0.15, 0.2) is 12.2 Å². The lowest BCUT2D eigenvalue weighted by molar-refractivity contribution is -0.125. The average Bonchev–Trinajstić information content (AvgIpc) is 2.25. The molecule has 0 aliphatic rings. The number of halogens is 1. The molecular weight excluding hydrogens is 236 g/mol. The van der Waals surface area contributed by atoms with Gasteiger partial charge in [-0.1, -0.05) is 25.5 Å². The van der Waals surface area contributed by atoms with E-state index in [1.54, 1.807) is 0 Å². The van der Waals surface area contributed by atoms with Gasteiger partial charge in [0.25, 0.3) is 0 Å². The van der Waals surface area contributed by atoms with Crippen molar-refractivity contribution in [2.45, 2.75) is 58.5 Å². The highest BCUT2D eigenvalue weighted by molar-refractivity contribution is 6.19. The van der Waals surface area contributed by atoms with Crippen molar-refractivity contribution in [2.75, 3.05) is 12.5 Å². The minimum atomic E-state index is -0.378. The Morgan fingerprint density at radius 3 is 2.53 bits per heavy atom. The van der Waals surface area contributed by atoms with E-state index in [-0.39, 0.29) is 11.4 Å². The Morgan fingerprint density at radius 1 is 1.35 bits per heavy atom. The Kier molecular flexibility index (Phi) is 8.53. The summed E-state index contributed by atoms with van der Waals surface area (Å²) in [7, 11) is 0. The Balaban J connectivity index is 3.86. The van der Waals surface area contributed by atoms with Gasteiger partial charge in [-0.2, -0.15) is 0 Å². The third kappa shape index (κ3) is 9.37. The first-order valence-corrected chi connectivity index (χ1v) is 6.83. The summed E-state index contributed by atoms with van der Waals surface area (Å²) in [4.78, 5) is 11.7. The Bertz CT molecular complexity index is 247. The van der Waals surface area contributed by atoms with Crippen molar-refractivity contribution in [3.8, 4) is 0 Å². The van der Waals surface area contributed by atoms with Crippen LogP contribution in [-0.2, 0) is 9.53 Å². The molecule has 0 amide bonds. The maximum absolute atomic E-state index is 11.7. The molecule has 0 aromatic carbocycles. The summed E-state index contributed by atoms with van der Waals surface area (Å²) in [6.45, 7) is 10.4. The number of ketones is 1. The molecule has 0 aromatic heterocycles. The molecule has 0 rings (SSSR count). The zero-order valence-corrected chi connectivity index (χ0v) is 12.1. The summed E-state index contributed by atoms with van der Waals surface area (Å²) in [5.74, 6) is 0.757. The maximum Gasteiger partial charge on any atom is 0.135 e. The van der Waals surface area contributed by atoms with E-state index in [0.717, 1.165) is 24.8 Å². The van der Waals surface area contributed by atoms with Crippen LogP contribution in [0.4, 0.5) is 0 Å². The molecule has 0 aliphatic heterocycles. The van der Waals surface area contributed by atoms with Gasteiger partial charge in [0.05, 0.1) is 12.2 Å². The minimum Gasteiger partial charge on any atom is -0.375 e. The average molecular weight is 261 g/mol. The molecule has 17 heavy (non-hydrogen) atoms. The topological polar surface area (TPSA) is 26.3 Å². The zero-order valence-electron chi connectivity index (χ0n) is 11.4. The summed E-state index contributed by atoms with van der Waals surface area (Å²) in [6, 6.07) is 0. The zero-order chi connectivity index (χ0) is 13.3. The van der Waals surface area contributed by atoms with Crippen molar-refractivity contribution >= 4 is 17.4 Å². The van der Waals surface area contributed by atoms with Gasteiger partial charge in [-0.15, -0.1) is 11.6 Å². The van der Waals surface area contributed by atoms with Crippen molar-refractivity contribution in [3.05, 3.63) is 12.2 Å². The Labute approximate surface area is 110 Å². The highest BCUT2D eigenvalue weighted by atomic mass is 35.5. The number of hydrogen-bond acceptors (Lipinski definition) is 2. The van der Waals surface area contributed by atoms with Gasteiger partial charge in [0.15, 0.2) is 0 Å². The van der Waals surface area contributed by atoms with E-state index in [0.29, 0.717) is 25.3 Å². The van der Waals surface area contributed by atoms with E-state index >= 15 is 0 Å². The second kappa shape index (κ2) is 8.71. The molecule has 0 bridgehead atoms. The van der Waals surface area contributed by atoms with E-state index < -0.39 is 0 Å². The van der Waals surface area contributed by atoms with Gasteiger partial charge >= 0.3 is 0 Å². The summed E-state index contributed by atoms with van der Waals surface area (Å²) in [6.07, 6.45) is 3.94. The third-order valence-electron chi connectivity index (χ3n) is 2.57. The first-order valence-electron chi connectivity index (χ1n) is 6.29. The highest BCUT2D eigenvalue weighted by Crippen LogP contribution is 2.18. The standard InChI is InChI=1S/C14H25ClO2/c1-5-6-7-13(16)10-14(3,4)17-9-8-12(2)11-15/h2,5-11H2,1,3-4H3. The van der Waals surface area contributed by atoms with Crippen molar-refractivity contribution in [3.63, 3.8) is 0 Å². The van der Waals surface area contributed by atoms with E-state index in [2.05, 4.69) is 13.5 Å². The maximum atomic E-state index is 11.7. The second-order valence-corrected chi connectivity index (χ2v) is 5.33. The number of carbonyl (C=O) groups excluding carboxylic acids is 1. The molecule has 0 atom stereocenters. The van der Waals surface area contributed by atoms with Crippen LogP contribution in [0.2, 0.25) is 0 Å². The molecule has 0 saturated carbocycles. The molecular formula is C14H25ClO2. The number of ether oxygens (including phenoxy) is 1. The monoisotopic (exact) mass is 260 g/mol. The molecule has 0 unspecified atom stereocenters. The second-order valence-electron chi connectivity index (χ2n) is 5.06. The van der Waals surface area contributed by atoms with Gasteiger partial charge in [-0.3, -0.25) is 4.79 Å². The van der Waals surface area contributed by atoms with E-state index in [1.807, 2.05) is 13.8 Å². The first-order chi connectivity index (χ1) is 7.91. The van der Waals surface area contributed by atoms with Crippen LogP contribution >= 0.6 is 11.6 Å². The van der Waals surface area contributed by atoms with Crippen LogP contribution < -0.4 is 0 Å². The molecule has 0 fully saturated rings. The van der Waals surface area contributed by atoms with Crippen LogP contribution in [-0.4, -0.2) is 23.9 Å². The van der Waals surface area contributed by atoms with Crippen LogP contribution in [0.1, 0.15) is 52.9 Å². The fourth-order valence-corrected chi connectivity index (χ4v) is 1.66. The Hall–Kier alpha value is -0.340. The summed E-state index contributed by atoms with van der Waals surface area (Å²) in [5, 5.41) is 0. The minimum absolute atomic E-state index is 0.285. The molecule has 0 spiro atoms. The van der Waals surface area contributed by atoms with Crippen molar-refractivity contribution < 1.29 is 9.53 Å². The fraction of sp³-hybridized carbons (Fsp3) is 0.786. The molecule has 2 nitrogen and oxygen atoms in total. The molecule has 0 heterocycles. The molecule has 0 aliphatic carbocycles. The van der Waals surface area contributed by atoms with Gasteiger partial charge in [0, 0.05) is 18.7 Å². The van der Waals surface area contributed by atoms with Crippen LogP contribution in [0.25, 0.3) is 0 Å². The number of hydrogen-bond donors (Lipinski definition) is 0. The molecule has 0 radical (unpaired) electrons. The highest BCUT2D eigenvalue weighted by Gasteiger charge is 2.22. The van der Waals surface area contributed by atoms with Crippen molar-refractivity contribution in [1.82, 2.24) is 0 Å². The van der Waals surface area contributed by atoms with Crippen molar-refractivity contribution in [1.29, 1.82) is 0 Å². The first kappa shape index (κ1) is 16.7. The largest absolute Gasteiger partial charge is 0.375 e. The smallest absolute Gasteiger partial charge is 0.135 e. The van der Waals surface area contributed by atoms with Crippen molar-refractivity contribution in [2.24, 2.45) is 0 Å². The van der Waals surface area contributed by atoms with Gasteiger partial charge < -0.3 is 4.74 Å². The molecule has 0 saturated heterocycles. The number of alkyl halides is 1. The van der Waals surface area contributed by atoms with Crippen LogP contribution in [0.5, 0.6) is 0 Å². The van der Waals surface area contributed by atoms with Gasteiger partial charge in [0.1, 0.15) is 5.78 Å². The van der Waals surface area contributed by atoms with Crippen LogP contribution in [0.3, 0.4) is 0 Å². The fourth-order valence-electron chi connectivity index (χ4n) is 1.53. The number of carbonyl (C=O) groups is 1. The lowest BCUT2D eigenvalue weighted by Crippen LogP contribution is -2.28. The summed E-state index contributed by atoms with van der Waals surface area (Å²) < 4.78 is 5.71. The number of Topliss-reactive ketones (excluding diaryl/α,β-unsaturated/α-hetero) is 1. The molecule has 3 heteroatoms. The predicted molar refractivity (Wildman–Crippen MR) is 73.7 cm³/mol. The summed E-state index contributed by atoms with van der Waals surface area (Å²) in [5.41, 5.74) is 0.594. The Morgan fingerprint density at radius 2 is 2.00 bits per heavy atom.